The Hall–Kier alpha value is -2.22. The van der Waals surface area contributed by atoms with Crippen molar-refractivity contribution in [3.8, 4) is 5.75 Å². The molecule has 136 valence electrons. The number of nitrogens with zero attached hydrogens (tertiary/aromatic N) is 2. The maximum atomic E-state index is 13.5. The van der Waals surface area contributed by atoms with Crippen molar-refractivity contribution in [2.45, 2.75) is 20.3 Å². The Balaban J connectivity index is 1.75. The third kappa shape index (κ3) is 6.66. The lowest BCUT2D eigenvalue weighted by Crippen LogP contribution is -2.39. The van der Waals surface area contributed by atoms with Crippen LogP contribution in [0, 0.1) is 18.6 Å². The SMILES string of the molecule is CCNC(=NCCc1ncc(C)s1)NCCOc1ccc(F)cc1F. The van der Waals surface area contributed by atoms with Crippen LogP contribution in [0.5, 0.6) is 5.75 Å². The summed E-state index contributed by atoms with van der Waals surface area (Å²) in [5.74, 6) is -0.637. The molecule has 2 aromatic rings. The molecule has 0 radical (unpaired) electrons. The van der Waals surface area contributed by atoms with Crippen molar-refractivity contribution in [1.82, 2.24) is 15.6 Å². The van der Waals surface area contributed by atoms with Crippen molar-refractivity contribution in [3.05, 3.63) is 45.9 Å². The highest BCUT2D eigenvalue weighted by molar-refractivity contribution is 7.11. The van der Waals surface area contributed by atoms with E-state index in [0.29, 0.717) is 19.0 Å². The zero-order valence-corrected chi connectivity index (χ0v) is 15.1. The number of nitrogens with one attached hydrogen (secondary N) is 2. The molecule has 0 fully saturated rings. The van der Waals surface area contributed by atoms with E-state index in [1.165, 1.54) is 10.9 Å². The normalized spacial score (nSPS) is 11.4. The number of halogens is 2. The minimum Gasteiger partial charge on any atom is -0.489 e. The van der Waals surface area contributed by atoms with Gasteiger partial charge in [0.2, 0.25) is 0 Å². The van der Waals surface area contributed by atoms with Crippen molar-refractivity contribution < 1.29 is 13.5 Å². The third-order valence-electron chi connectivity index (χ3n) is 3.15. The van der Waals surface area contributed by atoms with E-state index >= 15 is 0 Å². The Bertz CT molecular complexity index is 706. The van der Waals surface area contributed by atoms with E-state index in [1.54, 1.807) is 11.3 Å². The predicted molar refractivity (Wildman–Crippen MR) is 96.4 cm³/mol. The van der Waals surface area contributed by atoms with Crippen LogP contribution in [0.1, 0.15) is 16.8 Å². The smallest absolute Gasteiger partial charge is 0.191 e. The van der Waals surface area contributed by atoms with Gasteiger partial charge in [0.05, 0.1) is 11.6 Å². The number of guanidine groups is 1. The van der Waals surface area contributed by atoms with Gasteiger partial charge in [-0.3, -0.25) is 4.99 Å². The summed E-state index contributed by atoms with van der Waals surface area (Å²) in [6.45, 7) is 6.04. The quantitative estimate of drug-likeness (QED) is 0.427. The van der Waals surface area contributed by atoms with Crippen molar-refractivity contribution in [2.75, 3.05) is 26.2 Å². The highest BCUT2D eigenvalue weighted by atomic mass is 32.1. The van der Waals surface area contributed by atoms with Gasteiger partial charge in [-0.05, 0) is 26.0 Å². The summed E-state index contributed by atoms with van der Waals surface area (Å²) in [5.41, 5.74) is 0. The topological polar surface area (TPSA) is 58.5 Å². The van der Waals surface area contributed by atoms with Gasteiger partial charge < -0.3 is 15.4 Å². The van der Waals surface area contributed by atoms with Gasteiger partial charge in [0.15, 0.2) is 17.5 Å². The minimum atomic E-state index is -0.709. The van der Waals surface area contributed by atoms with E-state index in [0.717, 1.165) is 30.1 Å². The molecule has 1 heterocycles. The summed E-state index contributed by atoms with van der Waals surface area (Å²) in [7, 11) is 0. The van der Waals surface area contributed by atoms with Gasteiger partial charge in [-0.15, -0.1) is 11.3 Å². The van der Waals surface area contributed by atoms with Crippen LogP contribution in [0.2, 0.25) is 0 Å². The second-order valence-electron chi connectivity index (χ2n) is 5.23. The van der Waals surface area contributed by atoms with E-state index in [1.807, 2.05) is 20.0 Å². The molecule has 0 atom stereocenters. The second-order valence-corrected chi connectivity index (χ2v) is 6.54. The molecule has 0 aliphatic heterocycles. The molecule has 0 saturated heterocycles. The fourth-order valence-electron chi connectivity index (χ4n) is 2.04. The first kappa shape index (κ1) is 19.1. The van der Waals surface area contributed by atoms with Crippen molar-refractivity contribution >= 4 is 17.3 Å². The standard InChI is InChI=1S/C17H22F2N4OS/c1-3-20-17(21-7-6-16-23-11-12(2)25-16)22-8-9-24-15-5-4-13(18)10-14(15)19/h4-5,10-11H,3,6-9H2,1-2H3,(H2,20,21,22). The van der Waals surface area contributed by atoms with E-state index in [9.17, 15) is 8.78 Å². The number of ether oxygens (including phenoxy) is 1. The van der Waals surface area contributed by atoms with Gasteiger partial charge in [-0.1, -0.05) is 0 Å². The van der Waals surface area contributed by atoms with Gasteiger partial charge in [-0.25, -0.2) is 13.8 Å². The van der Waals surface area contributed by atoms with Crippen LogP contribution in [-0.2, 0) is 6.42 Å². The largest absolute Gasteiger partial charge is 0.489 e. The number of hydrogen-bond donors (Lipinski definition) is 2. The van der Waals surface area contributed by atoms with E-state index in [2.05, 4.69) is 20.6 Å². The zero-order valence-electron chi connectivity index (χ0n) is 14.3. The van der Waals surface area contributed by atoms with Crippen molar-refractivity contribution in [1.29, 1.82) is 0 Å². The molecule has 1 aromatic carbocycles. The van der Waals surface area contributed by atoms with Gasteiger partial charge in [-0.2, -0.15) is 0 Å². The average molecular weight is 368 g/mol. The molecule has 1 aromatic heterocycles. The average Bonchev–Trinajstić information content (AvgIpc) is 2.98. The van der Waals surface area contributed by atoms with E-state index < -0.39 is 11.6 Å². The number of thiazole rings is 1. The molecular formula is C17H22F2N4OS. The van der Waals surface area contributed by atoms with Crippen LogP contribution in [-0.4, -0.2) is 37.2 Å². The number of aromatic nitrogens is 1. The Labute approximate surface area is 150 Å². The number of benzene rings is 1. The molecule has 25 heavy (non-hydrogen) atoms. The maximum absolute atomic E-state index is 13.5. The lowest BCUT2D eigenvalue weighted by molar-refractivity contribution is 0.304. The fraction of sp³-hybridized carbons (Fsp3) is 0.412. The van der Waals surface area contributed by atoms with Crippen LogP contribution in [0.25, 0.3) is 0 Å². The predicted octanol–water partition coefficient (Wildman–Crippen LogP) is 2.91. The van der Waals surface area contributed by atoms with Gasteiger partial charge in [0.25, 0.3) is 0 Å². The summed E-state index contributed by atoms with van der Waals surface area (Å²) >= 11 is 1.67. The van der Waals surface area contributed by atoms with Crippen LogP contribution in [0.4, 0.5) is 8.78 Å². The van der Waals surface area contributed by atoms with Crippen LogP contribution < -0.4 is 15.4 Å². The highest BCUT2D eigenvalue weighted by Crippen LogP contribution is 2.17. The highest BCUT2D eigenvalue weighted by Gasteiger charge is 2.05. The number of aliphatic imine (C=N–C) groups is 1. The Morgan fingerprint density at radius 1 is 1.32 bits per heavy atom. The maximum Gasteiger partial charge on any atom is 0.191 e. The molecular weight excluding hydrogens is 346 g/mol. The number of aryl methyl sites for hydroxylation is 1. The molecule has 2 rings (SSSR count). The lowest BCUT2D eigenvalue weighted by Gasteiger charge is -2.12. The Kier molecular flexibility index (Phi) is 7.59. The van der Waals surface area contributed by atoms with E-state index in [-0.39, 0.29) is 12.4 Å². The summed E-state index contributed by atoms with van der Waals surface area (Å²) in [6.07, 6.45) is 2.64. The fourth-order valence-corrected chi connectivity index (χ4v) is 2.82. The molecule has 5 nitrogen and oxygen atoms in total. The third-order valence-corrected chi connectivity index (χ3v) is 4.13. The van der Waals surface area contributed by atoms with Crippen LogP contribution >= 0.6 is 11.3 Å². The first-order chi connectivity index (χ1) is 12.1. The summed E-state index contributed by atoms with van der Waals surface area (Å²) < 4.78 is 31.6. The van der Waals surface area contributed by atoms with Crippen molar-refractivity contribution in [3.63, 3.8) is 0 Å². The molecule has 0 aliphatic rings. The van der Waals surface area contributed by atoms with Gasteiger partial charge >= 0.3 is 0 Å². The molecule has 0 spiro atoms. The molecule has 0 bridgehead atoms. The molecule has 2 N–H and O–H groups in total. The molecule has 0 aliphatic carbocycles. The van der Waals surface area contributed by atoms with Gasteiger partial charge in [0, 0.05) is 36.7 Å². The monoisotopic (exact) mass is 368 g/mol. The zero-order chi connectivity index (χ0) is 18.1. The Morgan fingerprint density at radius 2 is 2.16 bits per heavy atom. The Morgan fingerprint density at radius 3 is 2.84 bits per heavy atom. The molecule has 8 heteroatoms. The minimum absolute atomic E-state index is 0.0317. The molecule has 0 saturated carbocycles. The summed E-state index contributed by atoms with van der Waals surface area (Å²) in [5, 5.41) is 7.31. The van der Waals surface area contributed by atoms with Crippen LogP contribution in [0.3, 0.4) is 0 Å². The summed E-state index contributed by atoms with van der Waals surface area (Å²) in [6, 6.07) is 3.24. The molecule has 0 unspecified atom stereocenters. The first-order valence-electron chi connectivity index (χ1n) is 8.10. The number of rotatable bonds is 8. The van der Waals surface area contributed by atoms with Gasteiger partial charge in [0.1, 0.15) is 12.4 Å². The second kappa shape index (κ2) is 9.93. The summed E-state index contributed by atoms with van der Waals surface area (Å²) in [4.78, 5) is 9.97. The number of hydrogen-bond acceptors (Lipinski definition) is 4. The first-order valence-corrected chi connectivity index (χ1v) is 8.91. The lowest BCUT2D eigenvalue weighted by atomic mass is 10.3. The van der Waals surface area contributed by atoms with Crippen LogP contribution in [0.15, 0.2) is 29.4 Å². The van der Waals surface area contributed by atoms with E-state index in [4.69, 9.17) is 4.74 Å². The molecule has 0 amide bonds. The van der Waals surface area contributed by atoms with Crippen molar-refractivity contribution in [2.24, 2.45) is 4.99 Å².